The van der Waals surface area contributed by atoms with Crippen molar-refractivity contribution >= 4 is 0 Å². The van der Waals surface area contributed by atoms with E-state index in [-0.39, 0.29) is 6.04 Å². The Morgan fingerprint density at radius 3 is 2.45 bits per heavy atom. The van der Waals surface area contributed by atoms with E-state index in [2.05, 4.69) is 49.9 Å². The molecule has 3 rings (SSSR count). The smallest absolute Gasteiger partial charge is 0.0456 e. The molecule has 3 unspecified atom stereocenters. The molecule has 0 spiro atoms. The van der Waals surface area contributed by atoms with Gasteiger partial charge in [-0.05, 0) is 42.2 Å². The number of fused-ring (bicyclic) bond motifs is 1. The minimum atomic E-state index is 0.182. The second-order valence-electron chi connectivity index (χ2n) is 7.18. The largest absolute Gasteiger partial charge is 0.323 e. The Balaban J connectivity index is 1.87. The maximum absolute atomic E-state index is 6.65. The molecule has 0 aromatic heterocycles. The summed E-state index contributed by atoms with van der Waals surface area (Å²) >= 11 is 0. The highest BCUT2D eigenvalue weighted by atomic mass is 15.2. The molecule has 2 heteroatoms. The van der Waals surface area contributed by atoms with Gasteiger partial charge in [-0.3, -0.25) is 4.90 Å². The fourth-order valence-corrected chi connectivity index (χ4v) is 3.83. The van der Waals surface area contributed by atoms with E-state index in [1.807, 2.05) is 0 Å². The van der Waals surface area contributed by atoms with E-state index in [1.165, 1.54) is 36.9 Å². The molecule has 0 bridgehead atoms. The molecule has 1 aromatic rings. The standard InChI is InChI=1S/C18H28N2/c1-12(2)11-20(14-8-9-14)17-10-13(3)15-6-4-5-7-16(15)18(17)19/h4-7,12-14,17-18H,8-11,19H2,1-3H3. The van der Waals surface area contributed by atoms with Crippen molar-refractivity contribution in [3.63, 3.8) is 0 Å². The summed E-state index contributed by atoms with van der Waals surface area (Å²) in [5.74, 6) is 1.35. The van der Waals surface area contributed by atoms with Crippen molar-refractivity contribution in [2.75, 3.05) is 6.54 Å². The number of benzene rings is 1. The molecule has 0 heterocycles. The lowest BCUT2D eigenvalue weighted by Gasteiger charge is -2.42. The molecule has 3 atom stereocenters. The highest BCUT2D eigenvalue weighted by Crippen LogP contribution is 2.42. The quantitative estimate of drug-likeness (QED) is 0.906. The minimum Gasteiger partial charge on any atom is -0.323 e. The lowest BCUT2D eigenvalue weighted by atomic mass is 9.77. The minimum absolute atomic E-state index is 0.182. The van der Waals surface area contributed by atoms with Crippen molar-refractivity contribution in [1.82, 2.24) is 4.90 Å². The van der Waals surface area contributed by atoms with Gasteiger partial charge in [-0.2, -0.15) is 0 Å². The average Bonchev–Trinajstić information content (AvgIpc) is 3.25. The van der Waals surface area contributed by atoms with Crippen molar-refractivity contribution in [2.24, 2.45) is 11.7 Å². The van der Waals surface area contributed by atoms with Gasteiger partial charge in [-0.1, -0.05) is 45.0 Å². The Kier molecular flexibility index (Phi) is 3.87. The Labute approximate surface area is 123 Å². The van der Waals surface area contributed by atoms with Crippen LogP contribution < -0.4 is 5.73 Å². The van der Waals surface area contributed by atoms with Gasteiger partial charge in [0.2, 0.25) is 0 Å². The van der Waals surface area contributed by atoms with Crippen LogP contribution in [0, 0.1) is 5.92 Å². The van der Waals surface area contributed by atoms with E-state index in [1.54, 1.807) is 0 Å². The van der Waals surface area contributed by atoms with Crippen LogP contribution in [0.25, 0.3) is 0 Å². The van der Waals surface area contributed by atoms with Crippen LogP contribution in [0.4, 0.5) is 0 Å². The molecule has 1 aromatic carbocycles. The van der Waals surface area contributed by atoms with Gasteiger partial charge in [0.15, 0.2) is 0 Å². The van der Waals surface area contributed by atoms with Gasteiger partial charge in [-0.15, -0.1) is 0 Å². The van der Waals surface area contributed by atoms with E-state index in [9.17, 15) is 0 Å². The average molecular weight is 272 g/mol. The van der Waals surface area contributed by atoms with E-state index < -0.39 is 0 Å². The van der Waals surface area contributed by atoms with Crippen LogP contribution in [0.2, 0.25) is 0 Å². The van der Waals surface area contributed by atoms with Crippen molar-refractivity contribution < 1.29 is 0 Å². The maximum atomic E-state index is 6.65. The molecule has 1 saturated carbocycles. The van der Waals surface area contributed by atoms with E-state index in [0.29, 0.717) is 12.0 Å². The van der Waals surface area contributed by atoms with Gasteiger partial charge in [0, 0.05) is 24.7 Å². The number of hydrogen-bond donors (Lipinski definition) is 1. The fourth-order valence-electron chi connectivity index (χ4n) is 3.83. The first-order valence-electron chi connectivity index (χ1n) is 8.18. The van der Waals surface area contributed by atoms with Gasteiger partial charge in [-0.25, -0.2) is 0 Å². The SMILES string of the molecule is CC(C)CN(C1CC1)C1CC(C)c2ccccc2C1N. The topological polar surface area (TPSA) is 29.3 Å². The molecule has 0 radical (unpaired) electrons. The Morgan fingerprint density at radius 2 is 1.85 bits per heavy atom. The number of hydrogen-bond acceptors (Lipinski definition) is 2. The predicted octanol–water partition coefficient (Wildman–Crippen LogP) is 3.68. The summed E-state index contributed by atoms with van der Waals surface area (Å²) in [6, 6.07) is 10.3. The second kappa shape index (κ2) is 5.50. The Hall–Kier alpha value is -0.860. The zero-order valence-electron chi connectivity index (χ0n) is 13.0. The van der Waals surface area contributed by atoms with Gasteiger partial charge in [0.05, 0.1) is 0 Å². The van der Waals surface area contributed by atoms with Gasteiger partial charge in [0.1, 0.15) is 0 Å². The van der Waals surface area contributed by atoms with Crippen molar-refractivity contribution in [2.45, 2.75) is 64.1 Å². The van der Waals surface area contributed by atoms with Crippen LogP contribution in [0.1, 0.15) is 63.1 Å². The summed E-state index contributed by atoms with van der Waals surface area (Å²) in [5.41, 5.74) is 9.50. The zero-order valence-corrected chi connectivity index (χ0v) is 13.0. The number of rotatable bonds is 4. The summed E-state index contributed by atoms with van der Waals surface area (Å²) in [6.45, 7) is 8.19. The van der Waals surface area contributed by atoms with Crippen LogP contribution in [0.15, 0.2) is 24.3 Å². The molecule has 0 amide bonds. The van der Waals surface area contributed by atoms with Crippen LogP contribution in [-0.4, -0.2) is 23.5 Å². The van der Waals surface area contributed by atoms with Crippen molar-refractivity contribution in [3.8, 4) is 0 Å². The number of nitrogens with zero attached hydrogens (tertiary/aromatic N) is 1. The van der Waals surface area contributed by atoms with Gasteiger partial charge < -0.3 is 5.73 Å². The first-order chi connectivity index (χ1) is 9.58. The third-order valence-corrected chi connectivity index (χ3v) is 4.91. The lowest BCUT2D eigenvalue weighted by molar-refractivity contribution is 0.123. The molecule has 2 aliphatic rings. The molecule has 0 saturated heterocycles. The summed E-state index contributed by atoms with van der Waals surface area (Å²) < 4.78 is 0. The van der Waals surface area contributed by atoms with Crippen LogP contribution >= 0.6 is 0 Å². The van der Waals surface area contributed by atoms with Crippen LogP contribution in [-0.2, 0) is 0 Å². The third kappa shape index (κ3) is 2.64. The van der Waals surface area contributed by atoms with Gasteiger partial charge >= 0.3 is 0 Å². The first kappa shape index (κ1) is 14.1. The van der Waals surface area contributed by atoms with Crippen molar-refractivity contribution in [1.29, 1.82) is 0 Å². The van der Waals surface area contributed by atoms with E-state index in [4.69, 9.17) is 5.73 Å². The molecule has 20 heavy (non-hydrogen) atoms. The molecule has 2 N–H and O–H groups in total. The third-order valence-electron chi connectivity index (χ3n) is 4.91. The fraction of sp³-hybridized carbons (Fsp3) is 0.667. The molecule has 2 nitrogen and oxygen atoms in total. The summed E-state index contributed by atoms with van der Waals surface area (Å²) in [6.07, 6.45) is 3.94. The Bertz CT molecular complexity index is 464. The summed E-state index contributed by atoms with van der Waals surface area (Å²) in [4.78, 5) is 2.72. The molecule has 2 aliphatic carbocycles. The molecule has 110 valence electrons. The maximum Gasteiger partial charge on any atom is 0.0456 e. The van der Waals surface area contributed by atoms with Gasteiger partial charge in [0.25, 0.3) is 0 Å². The molecule has 1 fully saturated rings. The van der Waals surface area contributed by atoms with E-state index in [0.717, 1.165) is 12.0 Å². The number of nitrogens with two attached hydrogens (primary N) is 1. The van der Waals surface area contributed by atoms with Crippen LogP contribution in [0.5, 0.6) is 0 Å². The zero-order chi connectivity index (χ0) is 14.3. The Morgan fingerprint density at radius 1 is 1.20 bits per heavy atom. The van der Waals surface area contributed by atoms with Crippen LogP contribution in [0.3, 0.4) is 0 Å². The molecular formula is C18H28N2. The molecule has 0 aliphatic heterocycles. The first-order valence-corrected chi connectivity index (χ1v) is 8.18. The predicted molar refractivity (Wildman–Crippen MR) is 84.8 cm³/mol. The lowest BCUT2D eigenvalue weighted by Crippen LogP contribution is -2.48. The highest BCUT2D eigenvalue weighted by Gasteiger charge is 2.40. The highest BCUT2D eigenvalue weighted by molar-refractivity contribution is 5.36. The summed E-state index contributed by atoms with van der Waals surface area (Å²) in [5, 5.41) is 0. The molecular weight excluding hydrogens is 244 g/mol. The van der Waals surface area contributed by atoms with Crippen molar-refractivity contribution in [3.05, 3.63) is 35.4 Å². The summed E-state index contributed by atoms with van der Waals surface area (Å²) in [7, 11) is 0. The monoisotopic (exact) mass is 272 g/mol. The van der Waals surface area contributed by atoms with E-state index >= 15 is 0 Å². The normalized spacial score (nSPS) is 29.8. The second-order valence-corrected chi connectivity index (χ2v) is 7.18.